The summed E-state index contributed by atoms with van der Waals surface area (Å²) >= 11 is 1.75. The summed E-state index contributed by atoms with van der Waals surface area (Å²) in [6, 6.07) is 20.8. The summed E-state index contributed by atoms with van der Waals surface area (Å²) in [6.07, 6.45) is 3.36. The predicted molar refractivity (Wildman–Crippen MR) is 153 cm³/mol. The molecule has 0 aliphatic carbocycles. The smallest absolute Gasteiger partial charge is 0.328 e. The third-order valence-electron chi connectivity index (χ3n) is 6.72. The summed E-state index contributed by atoms with van der Waals surface area (Å²) in [4.78, 5) is 43.2. The lowest BCUT2D eigenvalue weighted by Gasteiger charge is -2.47. The second kappa shape index (κ2) is 13.8. The molecule has 1 aliphatic rings. The van der Waals surface area contributed by atoms with E-state index in [-0.39, 0.29) is 5.91 Å². The SMILES string of the molecule is CCC(=O)N(c1ccccc1)C1(c2nc(C)c(C)s2)CCN(Cc2ccccc2)CC1.O=C(O)/C=C\C(=O)O. The molecular weight excluding hydrogens is 514 g/mol. The van der Waals surface area contributed by atoms with Crippen molar-refractivity contribution in [1.82, 2.24) is 9.88 Å². The number of piperidine rings is 1. The van der Waals surface area contributed by atoms with Crippen molar-refractivity contribution < 1.29 is 24.6 Å². The van der Waals surface area contributed by atoms with Crippen LogP contribution in [0.15, 0.2) is 72.8 Å². The molecule has 0 unspecified atom stereocenters. The highest BCUT2D eigenvalue weighted by Crippen LogP contribution is 2.44. The molecule has 0 bridgehead atoms. The van der Waals surface area contributed by atoms with Gasteiger partial charge in [0, 0.05) is 48.8 Å². The Morgan fingerprint density at radius 2 is 1.49 bits per heavy atom. The fraction of sp³-hybridized carbons (Fsp3) is 0.333. The van der Waals surface area contributed by atoms with E-state index >= 15 is 0 Å². The van der Waals surface area contributed by atoms with Crippen molar-refractivity contribution in [3.63, 3.8) is 0 Å². The number of benzene rings is 2. The molecule has 1 aromatic heterocycles. The van der Waals surface area contributed by atoms with E-state index in [1.54, 1.807) is 11.3 Å². The Kier molecular flexibility index (Phi) is 10.5. The number of carboxylic acids is 2. The second-order valence-electron chi connectivity index (χ2n) is 9.38. The molecule has 8 nitrogen and oxygen atoms in total. The fourth-order valence-electron chi connectivity index (χ4n) is 4.64. The molecule has 0 radical (unpaired) electrons. The van der Waals surface area contributed by atoms with E-state index in [9.17, 15) is 14.4 Å². The van der Waals surface area contributed by atoms with Gasteiger partial charge in [0.05, 0.1) is 5.69 Å². The molecule has 1 amide bonds. The van der Waals surface area contributed by atoms with E-state index in [0.717, 1.165) is 48.9 Å². The predicted octanol–water partition coefficient (Wildman–Crippen LogP) is 5.41. The van der Waals surface area contributed by atoms with E-state index in [4.69, 9.17) is 15.2 Å². The molecule has 3 aromatic rings. The average Bonchev–Trinajstić information content (AvgIpc) is 3.28. The maximum atomic E-state index is 13.3. The maximum Gasteiger partial charge on any atom is 0.328 e. The molecule has 2 N–H and O–H groups in total. The van der Waals surface area contributed by atoms with E-state index in [1.807, 2.05) is 25.1 Å². The first-order valence-electron chi connectivity index (χ1n) is 12.9. The number of carbonyl (C=O) groups is 3. The number of anilines is 1. The van der Waals surface area contributed by atoms with Crippen molar-refractivity contribution in [3.8, 4) is 0 Å². The molecule has 39 heavy (non-hydrogen) atoms. The summed E-state index contributed by atoms with van der Waals surface area (Å²) in [5, 5.41) is 16.7. The van der Waals surface area contributed by atoms with Crippen LogP contribution < -0.4 is 4.90 Å². The average molecular weight is 550 g/mol. The summed E-state index contributed by atoms with van der Waals surface area (Å²) in [5.41, 5.74) is 2.98. The Morgan fingerprint density at radius 3 is 1.95 bits per heavy atom. The van der Waals surface area contributed by atoms with E-state index < -0.39 is 17.5 Å². The third-order valence-corrected chi connectivity index (χ3v) is 7.99. The Bertz CT molecular complexity index is 1250. The highest BCUT2D eigenvalue weighted by Gasteiger charge is 2.46. The lowest BCUT2D eigenvalue weighted by Crippen LogP contribution is -2.55. The van der Waals surface area contributed by atoms with Gasteiger partial charge < -0.3 is 10.2 Å². The van der Waals surface area contributed by atoms with Gasteiger partial charge in [0.25, 0.3) is 0 Å². The van der Waals surface area contributed by atoms with Crippen LogP contribution in [0.3, 0.4) is 0 Å². The van der Waals surface area contributed by atoms with Gasteiger partial charge in [-0.05, 0) is 44.4 Å². The highest BCUT2D eigenvalue weighted by molar-refractivity contribution is 7.11. The van der Waals surface area contributed by atoms with E-state index in [2.05, 4.69) is 66.1 Å². The van der Waals surface area contributed by atoms with Crippen LogP contribution in [0.2, 0.25) is 0 Å². The molecule has 4 rings (SSSR count). The number of carbonyl (C=O) groups excluding carboxylic acids is 1. The second-order valence-corrected chi connectivity index (χ2v) is 10.6. The number of aromatic nitrogens is 1. The minimum atomic E-state index is -1.26. The van der Waals surface area contributed by atoms with Crippen LogP contribution >= 0.6 is 11.3 Å². The number of nitrogens with zero attached hydrogens (tertiary/aromatic N) is 3. The van der Waals surface area contributed by atoms with Gasteiger partial charge in [0.15, 0.2) is 0 Å². The number of likely N-dealkylation sites (tertiary alicyclic amines) is 1. The molecule has 1 fully saturated rings. The van der Waals surface area contributed by atoms with Gasteiger partial charge in [0.1, 0.15) is 10.5 Å². The van der Waals surface area contributed by atoms with Gasteiger partial charge in [-0.1, -0.05) is 55.5 Å². The van der Waals surface area contributed by atoms with Crippen molar-refractivity contribution in [1.29, 1.82) is 0 Å². The number of thiazole rings is 1. The van der Waals surface area contributed by atoms with E-state index in [1.165, 1.54) is 10.4 Å². The Balaban J connectivity index is 0.000000459. The maximum absolute atomic E-state index is 13.3. The summed E-state index contributed by atoms with van der Waals surface area (Å²) < 4.78 is 0. The molecular formula is C30H35N3O5S. The molecule has 0 atom stereocenters. The zero-order valence-electron chi connectivity index (χ0n) is 22.5. The number of para-hydroxylation sites is 1. The van der Waals surface area contributed by atoms with Gasteiger partial charge in [-0.25, -0.2) is 14.6 Å². The minimum Gasteiger partial charge on any atom is -0.478 e. The molecule has 0 spiro atoms. The van der Waals surface area contributed by atoms with Crippen LogP contribution in [-0.2, 0) is 26.5 Å². The van der Waals surface area contributed by atoms with Crippen molar-refractivity contribution in [3.05, 3.63) is 94.0 Å². The fourth-order valence-corrected chi connectivity index (χ4v) is 5.79. The van der Waals surface area contributed by atoms with Crippen LogP contribution in [0.5, 0.6) is 0 Å². The van der Waals surface area contributed by atoms with E-state index in [0.29, 0.717) is 18.6 Å². The van der Waals surface area contributed by atoms with Crippen LogP contribution in [0.4, 0.5) is 5.69 Å². The minimum absolute atomic E-state index is 0.160. The number of aliphatic carboxylic acids is 2. The molecule has 9 heteroatoms. The topological polar surface area (TPSA) is 111 Å². The van der Waals surface area contributed by atoms with Crippen LogP contribution in [0, 0.1) is 13.8 Å². The third kappa shape index (κ3) is 7.84. The number of hydrogen-bond acceptors (Lipinski definition) is 6. The molecule has 1 saturated heterocycles. The largest absolute Gasteiger partial charge is 0.478 e. The number of rotatable bonds is 8. The lowest BCUT2D eigenvalue weighted by molar-refractivity contribution is -0.134. The van der Waals surface area contributed by atoms with Gasteiger partial charge in [-0.2, -0.15) is 0 Å². The monoisotopic (exact) mass is 549 g/mol. The summed E-state index contributed by atoms with van der Waals surface area (Å²) in [7, 11) is 0. The van der Waals surface area contributed by atoms with Gasteiger partial charge >= 0.3 is 11.9 Å². The van der Waals surface area contributed by atoms with Gasteiger partial charge in [-0.15, -0.1) is 11.3 Å². The zero-order valence-corrected chi connectivity index (χ0v) is 23.4. The van der Waals surface area contributed by atoms with Crippen molar-refractivity contribution >= 4 is 34.9 Å². The number of aryl methyl sites for hydroxylation is 2. The Labute approximate surface area is 233 Å². The van der Waals surface area contributed by atoms with Crippen molar-refractivity contribution in [2.75, 3.05) is 18.0 Å². The normalized spacial score (nSPS) is 14.8. The first kappa shape index (κ1) is 29.7. The van der Waals surface area contributed by atoms with Crippen molar-refractivity contribution in [2.45, 2.75) is 52.1 Å². The number of hydrogen-bond donors (Lipinski definition) is 2. The molecule has 2 aromatic carbocycles. The zero-order chi connectivity index (χ0) is 28.4. The van der Waals surface area contributed by atoms with Gasteiger partial charge in [-0.3, -0.25) is 14.6 Å². The molecule has 0 saturated carbocycles. The standard InChI is InChI=1S/C26H31N3OS.C4H4O4/c1-4-24(30)29(23-13-9-6-10-14-23)26(25-27-20(2)21(3)31-25)15-17-28(18-16-26)19-22-11-7-5-8-12-22;5-3(6)1-2-4(7)8/h5-14H,4,15-19H2,1-3H3;1-2H,(H,5,6)(H,7,8)/b;2-1-. The Morgan fingerprint density at radius 1 is 0.949 bits per heavy atom. The van der Waals surface area contributed by atoms with Crippen LogP contribution in [0.1, 0.15) is 47.3 Å². The molecule has 2 heterocycles. The number of carboxylic acid groups (broad SMARTS) is 2. The first-order valence-corrected chi connectivity index (χ1v) is 13.7. The lowest BCUT2D eigenvalue weighted by atomic mass is 9.84. The van der Waals surface area contributed by atoms with Gasteiger partial charge in [0.2, 0.25) is 5.91 Å². The van der Waals surface area contributed by atoms with Crippen LogP contribution in [0.25, 0.3) is 0 Å². The first-order chi connectivity index (χ1) is 18.7. The molecule has 206 valence electrons. The van der Waals surface area contributed by atoms with Crippen LogP contribution in [-0.4, -0.2) is 51.0 Å². The quantitative estimate of drug-likeness (QED) is 0.362. The number of amides is 1. The highest BCUT2D eigenvalue weighted by atomic mass is 32.1. The summed E-state index contributed by atoms with van der Waals surface area (Å²) in [5.74, 6) is -2.35. The summed E-state index contributed by atoms with van der Waals surface area (Å²) in [6.45, 7) is 8.97. The Hall–Kier alpha value is -3.82. The van der Waals surface area contributed by atoms with Crippen molar-refractivity contribution in [2.24, 2.45) is 0 Å². The molecule has 1 aliphatic heterocycles.